The number of aryl methyl sites for hydroxylation is 1. The number of esters is 1. The van der Waals surface area contributed by atoms with Crippen LogP contribution >= 0.6 is 0 Å². The van der Waals surface area contributed by atoms with E-state index in [4.69, 9.17) is 33.3 Å². The molecule has 2 aromatic carbocycles. The number of allylic oxidation sites excluding steroid dienone is 1. The van der Waals surface area contributed by atoms with Crippen molar-refractivity contribution in [3.8, 4) is 5.88 Å². The summed E-state index contributed by atoms with van der Waals surface area (Å²) in [6.45, 7) is 29.6. The largest absolute Gasteiger partial charge is 0.479 e. The Kier molecular flexibility index (Phi) is 19.2. The number of hydrogen-bond acceptors (Lipinski definition) is 13. The zero-order chi connectivity index (χ0) is 56.7. The zero-order valence-corrected chi connectivity index (χ0v) is 49.4. The second-order valence-corrected chi connectivity index (χ2v) is 26.0. The molecule has 0 saturated carbocycles. The van der Waals surface area contributed by atoms with Crippen molar-refractivity contribution in [2.24, 2.45) is 5.92 Å². The molecule has 8 rings (SSSR count). The molecule has 4 fully saturated rings. The number of benzene rings is 2. The fourth-order valence-electron chi connectivity index (χ4n) is 11.0. The SMILES string of the molecule is CC1CC(c2noc3cc(CCC4CCCCN4C(=O)OC(C)(C)C)ccc23)CCN1C(=O)OC(C)(C)C.COc1nn(C2CCN(CC(=O)OC(C)(C)C)CC2)c2ccc(C=CC3CCN(C(=O)OC(C)(C)C)CC3)cc12. The van der Waals surface area contributed by atoms with Crippen LogP contribution in [-0.2, 0) is 30.2 Å². The highest BCUT2D eigenvalue weighted by molar-refractivity contribution is 5.87. The third-order valence-corrected chi connectivity index (χ3v) is 14.8. The average Bonchev–Trinajstić information content (AvgIpc) is 3.95. The fourth-order valence-corrected chi connectivity index (χ4v) is 11.0. The van der Waals surface area contributed by atoms with Crippen LogP contribution in [0.2, 0.25) is 0 Å². The van der Waals surface area contributed by atoms with Crippen LogP contribution in [0.4, 0.5) is 14.4 Å². The Labute approximate surface area is 463 Å². The highest BCUT2D eigenvalue weighted by atomic mass is 16.6. The van der Waals surface area contributed by atoms with Gasteiger partial charge in [-0.3, -0.25) is 14.4 Å². The molecule has 4 saturated heterocycles. The predicted octanol–water partition coefficient (Wildman–Crippen LogP) is 12.7. The molecule has 4 aliphatic heterocycles. The number of ether oxygens (including phenoxy) is 5. The molecule has 4 aliphatic rings. The summed E-state index contributed by atoms with van der Waals surface area (Å²) >= 11 is 0. The molecule has 78 heavy (non-hydrogen) atoms. The Morgan fingerprint density at radius 3 is 1.95 bits per heavy atom. The maximum atomic E-state index is 12.8. The average molecular weight is 1080 g/mol. The van der Waals surface area contributed by atoms with Crippen LogP contribution in [0.3, 0.4) is 0 Å². The Morgan fingerprint density at radius 1 is 0.679 bits per heavy atom. The first-order valence-corrected chi connectivity index (χ1v) is 28.7. The fraction of sp³-hybridized carbons (Fsp3) is 0.672. The number of aromatic nitrogens is 3. The van der Waals surface area contributed by atoms with E-state index in [0.29, 0.717) is 38.0 Å². The summed E-state index contributed by atoms with van der Waals surface area (Å²) < 4.78 is 35.8. The minimum Gasteiger partial charge on any atom is -0.479 e. The summed E-state index contributed by atoms with van der Waals surface area (Å²) in [6, 6.07) is 13.3. The van der Waals surface area contributed by atoms with Crippen molar-refractivity contribution in [1.82, 2.24) is 34.5 Å². The van der Waals surface area contributed by atoms with E-state index in [9.17, 15) is 19.2 Å². The second kappa shape index (κ2) is 25.1. The second-order valence-electron chi connectivity index (χ2n) is 26.0. The van der Waals surface area contributed by atoms with E-state index < -0.39 is 22.4 Å². The molecule has 0 N–H and O–H groups in total. The lowest BCUT2D eigenvalue weighted by Gasteiger charge is -2.37. The minimum absolute atomic E-state index is 0.0676. The number of carbonyl (C=O) groups is 4. The maximum absolute atomic E-state index is 12.8. The Bertz CT molecular complexity index is 2700. The Hall–Kier alpha value is -5.84. The van der Waals surface area contributed by atoms with Crippen molar-refractivity contribution in [3.63, 3.8) is 0 Å². The first-order valence-electron chi connectivity index (χ1n) is 28.7. The molecule has 2 aromatic heterocycles. The van der Waals surface area contributed by atoms with Gasteiger partial charge in [-0.15, -0.1) is 5.10 Å². The van der Waals surface area contributed by atoms with Crippen LogP contribution in [0.5, 0.6) is 5.88 Å². The van der Waals surface area contributed by atoms with Gasteiger partial charge in [0.05, 0.1) is 36.3 Å². The summed E-state index contributed by atoms with van der Waals surface area (Å²) in [4.78, 5) is 57.7. The van der Waals surface area contributed by atoms with Crippen molar-refractivity contribution in [3.05, 3.63) is 59.3 Å². The zero-order valence-electron chi connectivity index (χ0n) is 49.4. The molecular weight excluding hydrogens is 991 g/mol. The van der Waals surface area contributed by atoms with Gasteiger partial charge in [0.1, 0.15) is 22.4 Å². The van der Waals surface area contributed by atoms with Crippen molar-refractivity contribution in [2.75, 3.05) is 52.9 Å². The van der Waals surface area contributed by atoms with Gasteiger partial charge in [0.2, 0.25) is 5.88 Å². The number of rotatable bonds is 10. The predicted molar refractivity (Wildman–Crippen MR) is 304 cm³/mol. The molecule has 0 radical (unpaired) electrons. The molecule has 430 valence electrons. The first kappa shape index (κ1) is 59.8. The number of piperidine rings is 4. The van der Waals surface area contributed by atoms with Gasteiger partial charge in [-0.25, -0.2) is 14.4 Å². The molecule has 3 unspecified atom stereocenters. The lowest BCUT2D eigenvalue weighted by molar-refractivity contribution is -0.156. The third kappa shape index (κ3) is 16.8. The number of likely N-dealkylation sites (tertiary alicyclic amines) is 4. The lowest BCUT2D eigenvalue weighted by atomic mass is 9.87. The molecule has 17 nitrogen and oxygen atoms in total. The maximum Gasteiger partial charge on any atom is 0.410 e. The number of amides is 3. The van der Waals surface area contributed by atoms with E-state index >= 15 is 0 Å². The highest BCUT2D eigenvalue weighted by Gasteiger charge is 2.36. The van der Waals surface area contributed by atoms with Gasteiger partial charge in [-0.2, -0.15) is 0 Å². The lowest BCUT2D eigenvalue weighted by Crippen LogP contribution is -2.46. The number of fused-ring (bicyclic) bond motifs is 2. The minimum atomic E-state index is -0.501. The van der Waals surface area contributed by atoms with E-state index in [1.807, 2.05) is 97.8 Å². The first-order chi connectivity index (χ1) is 36.6. The summed E-state index contributed by atoms with van der Waals surface area (Å²) in [5, 5.41) is 11.3. The van der Waals surface area contributed by atoms with Crippen LogP contribution in [0, 0.1) is 5.92 Å². The summed E-state index contributed by atoms with van der Waals surface area (Å²) in [6.07, 6.45) is 14.0. The molecule has 3 atom stereocenters. The van der Waals surface area contributed by atoms with Crippen LogP contribution < -0.4 is 4.74 Å². The van der Waals surface area contributed by atoms with Gasteiger partial charge in [-0.05, 0) is 202 Å². The molecule has 17 heteroatoms. The van der Waals surface area contributed by atoms with Crippen LogP contribution in [0.1, 0.15) is 183 Å². The molecule has 0 bridgehead atoms. The molecule has 0 aliphatic carbocycles. The third-order valence-electron chi connectivity index (χ3n) is 14.8. The molecule has 6 heterocycles. The van der Waals surface area contributed by atoms with Crippen molar-refractivity contribution in [2.45, 2.75) is 207 Å². The van der Waals surface area contributed by atoms with Gasteiger partial charge in [0, 0.05) is 62.7 Å². The number of hydrogen-bond donors (Lipinski definition) is 0. The summed E-state index contributed by atoms with van der Waals surface area (Å²) in [5.41, 5.74) is 3.20. The molecule has 4 aromatic rings. The van der Waals surface area contributed by atoms with Gasteiger partial charge in [-0.1, -0.05) is 29.4 Å². The van der Waals surface area contributed by atoms with Crippen molar-refractivity contribution in [1.29, 1.82) is 0 Å². The molecule has 0 spiro atoms. The van der Waals surface area contributed by atoms with Crippen molar-refractivity contribution < 1.29 is 47.4 Å². The Morgan fingerprint density at radius 2 is 1.32 bits per heavy atom. The monoisotopic (exact) mass is 1080 g/mol. The van der Waals surface area contributed by atoms with E-state index in [2.05, 4.69) is 70.2 Å². The topological polar surface area (TPSA) is 171 Å². The normalized spacial score (nSPS) is 20.6. The van der Waals surface area contributed by atoms with Gasteiger partial charge >= 0.3 is 24.2 Å². The quantitative estimate of drug-likeness (QED) is 0.109. The van der Waals surface area contributed by atoms with Crippen LogP contribution in [0.15, 0.2) is 47.0 Å². The smallest absolute Gasteiger partial charge is 0.410 e. The summed E-state index contributed by atoms with van der Waals surface area (Å²) in [7, 11) is 1.66. The van der Waals surface area contributed by atoms with E-state index in [1.165, 1.54) is 5.56 Å². The number of nitrogens with zero attached hydrogens (tertiary/aromatic N) is 7. The van der Waals surface area contributed by atoms with E-state index in [-0.39, 0.29) is 48.3 Å². The van der Waals surface area contributed by atoms with Crippen LogP contribution in [0.25, 0.3) is 27.9 Å². The molecular formula is C61H91N7O10. The van der Waals surface area contributed by atoms with Gasteiger partial charge in [0.25, 0.3) is 0 Å². The summed E-state index contributed by atoms with van der Waals surface area (Å²) in [5.74, 6) is 1.11. The van der Waals surface area contributed by atoms with Crippen molar-refractivity contribution >= 4 is 52.2 Å². The standard InChI is InChI=1S/C31H46N4O5.C30H45N3O5/c1-30(2,3)39-27(36)21-33-16-14-24(15-17-33)35-26-11-10-23(20-25(26)28(32-35)38-7)9-8-22-12-18-34(19-13-22)29(37)40-31(4,5)6;1-20-18-22(15-17-32(20)27(34)36-29(2,3)4)26-24-14-12-21(19-25(24)38-31-26)11-13-23-10-8-9-16-33(23)28(35)37-30(5,6)7/h8-11,20,22,24H,12-19,21H2,1-7H3;12,14,19-20,22-23H,8-11,13,15-18H2,1-7H3. The van der Waals surface area contributed by atoms with Gasteiger partial charge < -0.3 is 42.9 Å². The van der Waals surface area contributed by atoms with E-state index in [1.54, 1.807) is 7.11 Å². The number of carbonyl (C=O) groups excluding carboxylic acids is 4. The number of methoxy groups -OCH3 is 1. The molecule has 3 amide bonds. The van der Waals surface area contributed by atoms with E-state index in [0.717, 1.165) is 123 Å². The Balaban J connectivity index is 0.000000226. The highest BCUT2D eigenvalue weighted by Crippen LogP contribution is 2.37. The van der Waals surface area contributed by atoms with Gasteiger partial charge in [0.15, 0.2) is 5.58 Å². The van der Waals surface area contributed by atoms with Crippen LogP contribution in [-0.4, -0.2) is 146 Å².